The highest BCUT2D eigenvalue weighted by Gasteiger charge is 2.36. The molecule has 0 saturated heterocycles. The lowest BCUT2D eigenvalue weighted by Crippen LogP contribution is -2.31. The zero-order valence-corrected chi connectivity index (χ0v) is 13.4. The average Bonchev–Trinajstić information content (AvgIpc) is 2.59. The van der Waals surface area contributed by atoms with Crippen molar-refractivity contribution in [1.29, 1.82) is 0 Å². The second-order valence-electron chi connectivity index (χ2n) is 5.41. The number of fused-ring (bicyclic) bond motifs is 1. The molecule has 2 aromatic carbocycles. The molecule has 1 N–H and O–H groups in total. The SMILES string of the molecule is COc1ccc2ccccc2c1-n1c(C(F)(F)F)ccc(C(=O)O)c1=O. The first-order chi connectivity index (χ1) is 12.3. The molecule has 0 spiro atoms. The van der Waals surface area contributed by atoms with E-state index in [1.54, 1.807) is 24.3 Å². The third kappa shape index (κ3) is 2.79. The summed E-state index contributed by atoms with van der Waals surface area (Å²) < 4.78 is 46.1. The van der Waals surface area contributed by atoms with Crippen LogP contribution in [0.1, 0.15) is 16.1 Å². The molecule has 0 saturated carbocycles. The van der Waals surface area contributed by atoms with Crippen LogP contribution in [0.2, 0.25) is 0 Å². The lowest BCUT2D eigenvalue weighted by atomic mass is 10.1. The van der Waals surface area contributed by atoms with Crippen LogP contribution in [0.5, 0.6) is 5.75 Å². The Morgan fingerprint density at radius 2 is 1.77 bits per heavy atom. The summed E-state index contributed by atoms with van der Waals surface area (Å²) in [6.45, 7) is 0. The molecule has 0 aliphatic rings. The molecule has 134 valence electrons. The number of rotatable bonds is 3. The summed E-state index contributed by atoms with van der Waals surface area (Å²) >= 11 is 0. The van der Waals surface area contributed by atoms with E-state index in [-0.39, 0.29) is 11.4 Å². The van der Waals surface area contributed by atoms with Crippen molar-refractivity contribution in [2.45, 2.75) is 6.18 Å². The van der Waals surface area contributed by atoms with Gasteiger partial charge in [-0.2, -0.15) is 13.2 Å². The van der Waals surface area contributed by atoms with Gasteiger partial charge in [-0.3, -0.25) is 9.36 Å². The minimum atomic E-state index is -4.88. The van der Waals surface area contributed by atoms with E-state index >= 15 is 0 Å². The number of pyridine rings is 1. The lowest BCUT2D eigenvalue weighted by molar-refractivity contribution is -0.142. The highest BCUT2D eigenvalue weighted by molar-refractivity contribution is 5.93. The monoisotopic (exact) mass is 363 g/mol. The van der Waals surface area contributed by atoms with Gasteiger partial charge in [0.15, 0.2) is 0 Å². The fourth-order valence-corrected chi connectivity index (χ4v) is 2.77. The van der Waals surface area contributed by atoms with Gasteiger partial charge in [-0.15, -0.1) is 0 Å². The van der Waals surface area contributed by atoms with Crippen LogP contribution in [-0.4, -0.2) is 22.8 Å². The van der Waals surface area contributed by atoms with Gasteiger partial charge in [0, 0.05) is 5.39 Å². The molecule has 3 aromatic rings. The Hall–Kier alpha value is -3.29. The van der Waals surface area contributed by atoms with E-state index < -0.39 is 29.0 Å². The molecule has 8 heteroatoms. The van der Waals surface area contributed by atoms with E-state index in [0.717, 1.165) is 0 Å². The summed E-state index contributed by atoms with van der Waals surface area (Å²) in [5, 5.41) is 10.0. The van der Waals surface area contributed by atoms with Crippen LogP contribution in [0.15, 0.2) is 53.3 Å². The summed E-state index contributed by atoms with van der Waals surface area (Å²) in [7, 11) is 1.26. The van der Waals surface area contributed by atoms with Gasteiger partial charge in [0.05, 0.1) is 12.8 Å². The lowest BCUT2D eigenvalue weighted by Gasteiger charge is -2.19. The average molecular weight is 363 g/mol. The number of carboxylic acids is 1. The number of carboxylic acid groups (broad SMARTS) is 1. The standard InChI is InChI=1S/C18H12F3NO4/c1-26-13-8-6-10-4-2-3-5-11(10)15(13)22-14(18(19,20)21)9-7-12(16(22)23)17(24)25/h2-9H,1H3,(H,24,25). The van der Waals surface area contributed by atoms with E-state index in [1.165, 1.54) is 19.2 Å². The molecule has 0 amide bonds. The first kappa shape index (κ1) is 17.5. The predicted octanol–water partition coefficient (Wildman–Crippen LogP) is 3.72. The number of benzene rings is 2. The van der Waals surface area contributed by atoms with E-state index in [2.05, 4.69) is 0 Å². The summed E-state index contributed by atoms with van der Waals surface area (Å²) in [4.78, 5) is 23.9. The number of aromatic nitrogens is 1. The number of hydrogen-bond acceptors (Lipinski definition) is 3. The number of halogens is 3. The number of hydrogen-bond donors (Lipinski definition) is 1. The third-order valence-corrected chi connectivity index (χ3v) is 3.91. The largest absolute Gasteiger partial charge is 0.495 e. The maximum Gasteiger partial charge on any atom is 0.431 e. The highest BCUT2D eigenvalue weighted by Crippen LogP contribution is 2.36. The van der Waals surface area contributed by atoms with Crippen molar-refractivity contribution in [1.82, 2.24) is 4.57 Å². The van der Waals surface area contributed by atoms with E-state index in [4.69, 9.17) is 9.84 Å². The summed E-state index contributed by atoms with van der Waals surface area (Å²) in [5.74, 6) is -1.60. The van der Waals surface area contributed by atoms with E-state index in [1.807, 2.05) is 0 Å². The van der Waals surface area contributed by atoms with Crippen LogP contribution in [0.25, 0.3) is 16.5 Å². The van der Waals surface area contributed by atoms with Crippen molar-refractivity contribution in [3.63, 3.8) is 0 Å². The number of nitrogens with zero attached hydrogens (tertiary/aromatic N) is 1. The minimum Gasteiger partial charge on any atom is -0.495 e. The fraction of sp³-hybridized carbons (Fsp3) is 0.111. The molecule has 5 nitrogen and oxygen atoms in total. The molecule has 3 rings (SSSR count). The maximum absolute atomic E-state index is 13.5. The first-order valence-electron chi connectivity index (χ1n) is 7.38. The fourth-order valence-electron chi connectivity index (χ4n) is 2.77. The van der Waals surface area contributed by atoms with Crippen LogP contribution in [-0.2, 0) is 6.18 Å². The highest BCUT2D eigenvalue weighted by atomic mass is 19.4. The number of aromatic carboxylic acids is 1. The molecule has 0 fully saturated rings. The van der Waals surface area contributed by atoms with Crippen LogP contribution < -0.4 is 10.3 Å². The molecule has 0 aliphatic heterocycles. The molecule has 0 aliphatic carbocycles. The molecule has 0 atom stereocenters. The Labute approximate surface area is 144 Å². The van der Waals surface area contributed by atoms with Crippen molar-refractivity contribution in [3.05, 3.63) is 70.1 Å². The Balaban J connectivity index is 2.55. The van der Waals surface area contributed by atoms with Crippen LogP contribution >= 0.6 is 0 Å². The normalized spacial score (nSPS) is 11.5. The third-order valence-electron chi connectivity index (χ3n) is 3.91. The zero-order valence-electron chi connectivity index (χ0n) is 13.4. The van der Waals surface area contributed by atoms with Crippen LogP contribution in [0.3, 0.4) is 0 Å². The molecule has 1 aromatic heterocycles. The summed E-state index contributed by atoms with van der Waals surface area (Å²) in [6.07, 6.45) is -4.88. The Bertz CT molecular complexity index is 1070. The van der Waals surface area contributed by atoms with Crippen molar-refractivity contribution >= 4 is 16.7 Å². The molecule has 0 unspecified atom stereocenters. The molecule has 0 bridgehead atoms. The quantitative estimate of drug-likeness (QED) is 0.770. The Morgan fingerprint density at radius 3 is 2.38 bits per heavy atom. The summed E-state index contributed by atoms with van der Waals surface area (Å²) in [5.41, 5.74) is -3.51. The predicted molar refractivity (Wildman–Crippen MR) is 88.1 cm³/mol. The van der Waals surface area contributed by atoms with Gasteiger partial charge in [-0.25, -0.2) is 4.79 Å². The Kier molecular flexibility index (Phi) is 4.19. The van der Waals surface area contributed by atoms with Gasteiger partial charge in [-0.1, -0.05) is 30.3 Å². The zero-order chi connectivity index (χ0) is 19.1. The Morgan fingerprint density at radius 1 is 1.08 bits per heavy atom. The van der Waals surface area contributed by atoms with E-state index in [9.17, 15) is 22.8 Å². The summed E-state index contributed by atoms with van der Waals surface area (Å²) in [6, 6.07) is 10.8. The number of methoxy groups -OCH3 is 1. The van der Waals surface area contributed by atoms with Crippen molar-refractivity contribution in [2.75, 3.05) is 7.11 Å². The van der Waals surface area contributed by atoms with Gasteiger partial charge >= 0.3 is 12.1 Å². The van der Waals surface area contributed by atoms with Gasteiger partial charge in [-0.05, 0) is 23.6 Å². The van der Waals surface area contributed by atoms with Crippen molar-refractivity contribution < 1.29 is 27.8 Å². The maximum atomic E-state index is 13.5. The van der Waals surface area contributed by atoms with Crippen LogP contribution in [0.4, 0.5) is 13.2 Å². The second-order valence-corrected chi connectivity index (χ2v) is 5.41. The van der Waals surface area contributed by atoms with Gasteiger partial charge < -0.3 is 9.84 Å². The van der Waals surface area contributed by atoms with Crippen molar-refractivity contribution in [2.24, 2.45) is 0 Å². The number of alkyl halides is 3. The molecular formula is C18H12F3NO4. The molecular weight excluding hydrogens is 351 g/mol. The van der Waals surface area contributed by atoms with Gasteiger partial charge in [0.25, 0.3) is 5.56 Å². The topological polar surface area (TPSA) is 68.5 Å². The smallest absolute Gasteiger partial charge is 0.431 e. The first-order valence-corrected chi connectivity index (χ1v) is 7.38. The second kappa shape index (κ2) is 6.21. The van der Waals surface area contributed by atoms with Crippen LogP contribution in [0, 0.1) is 0 Å². The number of carbonyl (C=O) groups is 1. The molecule has 0 radical (unpaired) electrons. The minimum absolute atomic E-state index is 0.0128. The van der Waals surface area contributed by atoms with Crippen molar-refractivity contribution in [3.8, 4) is 11.4 Å². The molecule has 1 heterocycles. The van der Waals surface area contributed by atoms with Gasteiger partial charge in [0.1, 0.15) is 17.0 Å². The molecule has 26 heavy (non-hydrogen) atoms. The van der Waals surface area contributed by atoms with E-state index in [0.29, 0.717) is 27.5 Å². The number of ether oxygens (including phenoxy) is 1. The van der Waals surface area contributed by atoms with Gasteiger partial charge in [0.2, 0.25) is 0 Å².